The molecule has 0 aliphatic carbocycles. The van der Waals surface area contributed by atoms with E-state index in [9.17, 15) is 0 Å². The minimum absolute atomic E-state index is 0.345. The maximum Gasteiger partial charge on any atom is 0.121 e. The van der Waals surface area contributed by atoms with E-state index in [1.165, 1.54) is 0 Å². The summed E-state index contributed by atoms with van der Waals surface area (Å²) in [5.74, 6) is 0.836. The summed E-state index contributed by atoms with van der Waals surface area (Å²) >= 11 is 3.56. The van der Waals surface area contributed by atoms with E-state index >= 15 is 0 Å². The Morgan fingerprint density at radius 2 is 2.13 bits per heavy atom. The maximum absolute atomic E-state index is 5.17. The summed E-state index contributed by atoms with van der Waals surface area (Å²) in [6.07, 6.45) is 0. The number of halogens is 1. The predicted octanol–water partition coefficient (Wildman–Crippen LogP) is 3.39. The topological polar surface area (TPSA) is 27.1 Å². The van der Waals surface area contributed by atoms with Gasteiger partial charge in [-0.15, -0.1) is 0 Å². The Labute approximate surface area is 97.2 Å². The number of fused-ring (bicyclic) bond motifs is 1. The average Bonchev–Trinajstić information content (AvgIpc) is 2.55. The summed E-state index contributed by atoms with van der Waals surface area (Å²) in [6.45, 7) is 4.21. The fourth-order valence-corrected chi connectivity index (χ4v) is 2.35. The van der Waals surface area contributed by atoms with E-state index in [1.807, 2.05) is 22.9 Å². The van der Waals surface area contributed by atoms with Crippen molar-refractivity contribution in [1.29, 1.82) is 0 Å². The van der Waals surface area contributed by atoms with Gasteiger partial charge in [0.2, 0.25) is 0 Å². The highest BCUT2D eigenvalue weighted by Gasteiger charge is 2.11. The molecule has 0 unspecified atom stereocenters. The van der Waals surface area contributed by atoms with Crippen LogP contribution in [0.25, 0.3) is 10.9 Å². The summed E-state index contributed by atoms with van der Waals surface area (Å²) in [4.78, 5) is 0. The Kier molecular flexibility index (Phi) is 2.69. The molecule has 1 aromatic heterocycles. The lowest BCUT2D eigenvalue weighted by molar-refractivity contribution is 0.415. The molecule has 0 saturated carbocycles. The molecule has 0 saturated heterocycles. The second-order valence-electron chi connectivity index (χ2n) is 3.71. The third-order valence-electron chi connectivity index (χ3n) is 2.33. The third-order valence-corrected chi connectivity index (χ3v) is 3.12. The van der Waals surface area contributed by atoms with Crippen molar-refractivity contribution in [2.45, 2.75) is 19.9 Å². The van der Waals surface area contributed by atoms with Crippen molar-refractivity contribution in [2.75, 3.05) is 7.11 Å². The molecule has 80 valence electrons. The second-order valence-corrected chi connectivity index (χ2v) is 4.46. The van der Waals surface area contributed by atoms with Crippen LogP contribution in [0, 0.1) is 0 Å². The van der Waals surface area contributed by atoms with Gasteiger partial charge in [-0.05, 0) is 41.9 Å². The number of hydrogen-bond donors (Lipinski definition) is 0. The number of ether oxygens (including phenoxy) is 1. The molecule has 0 spiro atoms. The maximum atomic E-state index is 5.17. The summed E-state index contributed by atoms with van der Waals surface area (Å²) in [7, 11) is 1.66. The lowest BCUT2D eigenvalue weighted by atomic mass is 10.2. The second kappa shape index (κ2) is 3.85. The minimum Gasteiger partial charge on any atom is -0.497 e. The van der Waals surface area contributed by atoms with Crippen LogP contribution in [0.3, 0.4) is 0 Å². The van der Waals surface area contributed by atoms with Crippen LogP contribution >= 0.6 is 15.9 Å². The van der Waals surface area contributed by atoms with E-state index in [-0.39, 0.29) is 0 Å². The number of nitrogens with zero attached hydrogens (tertiary/aromatic N) is 2. The normalized spacial score (nSPS) is 11.3. The number of aromatic nitrogens is 2. The highest BCUT2D eigenvalue weighted by Crippen LogP contribution is 2.28. The zero-order valence-corrected chi connectivity index (χ0v) is 10.6. The van der Waals surface area contributed by atoms with Gasteiger partial charge in [-0.25, -0.2) is 0 Å². The van der Waals surface area contributed by atoms with Gasteiger partial charge in [-0.3, -0.25) is 4.68 Å². The van der Waals surface area contributed by atoms with Crippen molar-refractivity contribution >= 4 is 26.8 Å². The SMILES string of the molecule is COc1ccc2c(Br)n(C(C)C)nc2c1. The van der Waals surface area contributed by atoms with Gasteiger partial charge in [-0.1, -0.05) is 0 Å². The Hall–Kier alpha value is -1.03. The molecule has 4 heteroatoms. The number of methoxy groups -OCH3 is 1. The largest absolute Gasteiger partial charge is 0.497 e. The van der Waals surface area contributed by atoms with Crippen LogP contribution in [0.15, 0.2) is 22.8 Å². The van der Waals surface area contributed by atoms with Gasteiger partial charge in [-0.2, -0.15) is 5.10 Å². The average molecular weight is 269 g/mol. The van der Waals surface area contributed by atoms with E-state index in [0.29, 0.717) is 6.04 Å². The lowest BCUT2D eigenvalue weighted by Gasteiger charge is -2.05. The fraction of sp³-hybridized carbons (Fsp3) is 0.364. The molecule has 0 amide bonds. The van der Waals surface area contributed by atoms with Crippen molar-refractivity contribution in [3.05, 3.63) is 22.8 Å². The summed E-state index contributed by atoms with van der Waals surface area (Å²) < 4.78 is 8.15. The fourth-order valence-electron chi connectivity index (χ4n) is 1.52. The number of hydrogen-bond acceptors (Lipinski definition) is 2. The molecule has 2 rings (SSSR count). The van der Waals surface area contributed by atoms with E-state index in [2.05, 4.69) is 34.9 Å². The van der Waals surface area contributed by atoms with Gasteiger partial charge in [0.15, 0.2) is 0 Å². The van der Waals surface area contributed by atoms with Gasteiger partial charge in [0.1, 0.15) is 10.4 Å². The molecule has 0 aliphatic heterocycles. The van der Waals surface area contributed by atoms with Crippen molar-refractivity contribution in [1.82, 2.24) is 9.78 Å². The molecule has 15 heavy (non-hydrogen) atoms. The van der Waals surface area contributed by atoms with E-state index < -0.39 is 0 Å². The molecule has 0 bridgehead atoms. The van der Waals surface area contributed by atoms with Crippen LogP contribution in [0.2, 0.25) is 0 Å². The van der Waals surface area contributed by atoms with Gasteiger partial charge in [0.05, 0.1) is 12.6 Å². The molecule has 2 aromatic rings. The smallest absolute Gasteiger partial charge is 0.121 e. The monoisotopic (exact) mass is 268 g/mol. The van der Waals surface area contributed by atoms with Gasteiger partial charge in [0, 0.05) is 17.5 Å². The quantitative estimate of drug-likeness (QED) is 0.835. The molecular formula is C11H13BrN2O. The molecule has 0 aliphatic rings. The molecule has 0 N–H and O–H groups in total. The van der Waals surface area contributed by atoms with Gasteiger partial charge < -0.3 is 4.74 Å². The van der Waals surface area contributed by atoms with Crippen molar-refractivity contribution in [2.24, 2.45) is 0 Å². The Balaban J connectivity index is 2.65. The molecule has 0 radical (unpaired) electrons. The molecular weight excluding hydrogens is 256 g/mol. The highest BCUT2D eigenvalue weighted by atomic mass is 79.9. The first-order valence-electron chi connectivity index (χ1n) is 4.85. The molecule has 3 nitrogen and oxygen atoms in total. The van der Waals surface area contributed by atoms with Gasteiger partial charge in [0.25, 0.3) is 0 Å². The van der Waals surface area contributed by atoms with Crippen LogP contribution in [0.1, 0.15) is 19.9 Å². The van der Waals surface area contributed by atoms with Crippen molar-refractivity contribution < 1.29 is 4.74 Å². The number of benzene rings is 1. The number of rotatable bonds is 2. The van der Waals surface area contributed by atoms with Crippen molar-refractivity contribution in [3.8, 4) is 5.75 Å². The third kappa shape index (κ3) is 1.74. The van der Waals surface area contributed by atoms with Crippen LogP contribution in [-0.4, -0.2) is 16.9 Å². The van der Waals surface area contributed by atoms with Gasteiger partial charge >= 0.3 is 0 Å². The molecule has 1 aromatic carbocycles. The van der Waals surface area contributed by atoms with E-state index in [4.69, 9.17) is 4.74 Å². The molecule has 1 heterocycles. The van der Waals surface area contributed by atoms with Crippen LogP contribution in [0.4, 0.5) is 0 Å². The Morgan fingerprint density at radius 3 is 2.73 bits per heavy atom. The Bertz CT molecular complexity index is 491. The first-order chi connectivity index (χ1) is 7.13. The molecule has 0 atom stereocenters. The Morgan fingerprint density at radius 1 is 1.40 bits per heavy atom. The molecule has 0 fully saturated rings. The zero-order chi connectivity index (χ0) is 11.0. The summed E-state index contributed by atoms with van der Waals surface area (Å²) in [5.41, 5.74) is 0.954. The van der Waals surface area contributed by atoms with E-state index in [1.54, 1.807) is 7.11 Å². The van der Waals surface area contributed by atoms with E-state index in [0.717, 1.165) is 21.3 Å². The summed E-state index contributed by atoms with van der Waals surface area (Å²) in [5, 5.41) is 5.63. The van der Waals surface area contributed by atoms with Crippen LogP contribution in [-0.2, 0) is 0 Å². The first-order valence-corrected chi connectivity index (χ1v) is 5.64. The van der Waals surface area contributed by atoms with Crippen molar-refractivity contribution in [3.63, 3.8) is 0 Å². The summed E-state index contributed by atoms with van der Waals surface area (Å²) in [6, 6.07) is 6.25. The zero-order valence-electron chi connectivity index (χ0n) is 8.99. The standard InChI is InChI=1S/C11H13BrN2O/c1-7(2)14-11(12)9-5-4-8(15-3)6-10(9)13-14/h4-7H,1-3H3. The predicted molar refractivity (Wildman–Crippen MR) is 64.4 cm³/mol. The minimum atomic E-state index is 0.345. The highest BCUT2D eigenvalue weighted by molar-refractivity contribution is 9.10. The lowest BCUT2D eigenvalue weighted by Crippen LogP contribution is -2.02. The van der Waals surface area contributed by atoms with Crippen LogP contribution < -0.4 is 4.74 Å². The first kappa shape index (κ1) is 10.5. The van der Waals surface area contributed by atoms with Crippen LogP contribution in [0.5, 0.6) is 5.75 Å².